The van der Waals surface area contributed by atoms with Gasteiger partial charge in [0.15, 0.2) is 5.16 Å². The summed E-state index contributed by atoms with van der Waals surface area (Å²) >= 11 is 1.45. The summed E-state index contributed by atoms with van der Waals surface area (Å²) in [5, 5.41) is 8.28. The summed E-state index contributed by atoms with van der Waals surface area (Å²) in [5.41, 5.74) is 3.58. The molecule has 0 amide bonds. The van der Waals surface area contributed by atoms with Gasteiger partial charge in [0.1, 0.15) is 5.58 Å². The predicted octanol–water partition coefficient (Wildman–Crippen LogP) is 2.64. The van der Waals surface area contributed by atoms with Crippen LogP contribution in [0, 0.1) is 0 Å². The van der Waals surface area contributed by atoms with Crippen LogP contribution in [-0.2, 0) is 29.9 Å². The predicted molar refractivity (Wildman–Crippen MR) is 106 cm³/mol. The number of ether oxygens (including phenoxy) is 1. The minimum atomic E-state index is -0.347. The number of thioether (sulfide) groups is 1. The maximum atomic E-state index is 12.1. The largest absolute Gasteiger partial charge is 0.423 e. The molecule has 8 heteroatoms. The van der Waals surface area contributed by atoms with Gasteiger partial charge in [-0.25, -0.2) is 14.7 Å². The number of aromatic amines is 1. The van der Waals surface area contributed by atoms with Gasteiger partial charge in [-0.3, -0.25) is 4.57 Å². The van der Waals surface area contributed by atoms with Crippen molar-refractivity contribution >= 4 is 22.7 Å². The molecule has 2 aromatic heterocycles. The lowest BCUT2D eigenvalue weighted by atomic mass is 10.0. The summed E-state index contributed by atoms with van der Waals surface area (Å²) in [4.78, 5) is 24.2. The minimum Gasteiger partial charge on any atom is -0.423 e. The van der Waals surface area contributed by atoms with Gasteiger partial charge in [-0.1, -0.05) is 11.8 Å². The molecule has 7 nitrogen and oxygen atoms in total. The maximum absolute atomic E-state index is 12.1. The van der Waals surface area contributed by atoms with Crippen molar-refractivity contribution in [1.29, 1.82) is 0 Å². The van der Waals surface area contributed by atoms with E-state index in [-0.39, 0.29) is 17.4 Å². The summed E-state index contributed by atoms with van der Waals surface area (Å²) < 4.78 is 12.7. The van der Waals surface area contributed by atoms with Gasteiger partial charge in [0.25, 0.3) is 0 Å². The number of benzene rings is 1. The highest BCUT2D eigenvalue weighted by Gasteiger charge is 2.20. The Bertz CT molecular complexity index is 1140. The molecule has 146 valence electrons. The molecule has 3 heterocycles. The molecule has 28 heavy (non-hydrogen) atoms. The Labute approximate surface area is 165 Å². The third-order valence-electron chi connectivity index (χ3n) is 5.53. The van der Waals surface area contributed by atoms with Gasteiger partial charge >= 0.3 is 11.3 Å². The zero-order valence-corrected chi connectivity index (χ0v) is 16.2. The molecule has 5 rings (SSSR count). The second-order valence-corrected chi connectivity index (χ2v) is 8.35. The highest BCUT2D eigenvalue weighted by molar-refractivity contribution is 7.98. The van der Waals surface area contributed by atoms with E-state index in [0.29, 0.717) is 23.0 Å². The van der Waals surface area contributed by atoms with Gasteiger partial charge in [0.05, 0.1) is 12.6 Å². The lowest BCUT2D eigenvalue weighted by Crippen LogP contribution is -2.24. The SMILES string of the molecule is O=c1cc(CSc2n[nH]c(=O)n2C[C@H]2CCCO2)c2cc3c(cc2o1)CCC3. The van der Waals surface area contributed by atoms with Crippen LogP contribution >= 0.6 is 11.8 Å². The quantitative estimate of drug-likeness (QED) is 0.524. The molecule has 3 aromatic rings. The van der Waals surface area contributed by atoms with Gasteiger partial charge in [-0.15, -0.1) is 5.10 Å². The average Bonchev–Trinajstić information content (AvgIpc) is 3.41. The number of aryl methyl sites for hydroxylation is 2. The molecule has 1 N–H and O–H groups in total. The zero-order chi connectivity index (χ0) is 19.1. The van der Waals surface area contributed by atoms with Crippen LogP contribution in [0.2, 0.25) is 0 Å². The van der Waals surface area contributed by atoms with Crippen molar-refractivity contribution < 1.29 is 9.15 Å². The van der Waals surface area contributed by atoms with E-state index in [1.54, 1.807) is 10.6 Å². The number of rotatable bonds is 5. The number of nitrogens with zero attached hydrogens (tertiary/aromatic N) is 2. The van der Waals surface area contributed by atoms with Crippen LogP contribution in [0.15, 0.2) is 37.4 Å². The van der Waals surface area contributed by atoms with Crippen molar-refractivity contribution in [2.45, 2.75) is 55.7 Å². The third kappa shape index (κ3) is 3.31. The fourth-order valence-corrected chi connectivity index (χ4v) is 5.07. The first kappa shape index (κ1) is 17.8. The minimum absolute atomic E-state index is 0.0573. The van der Waals surface area contributed by atoms with Crippen LogP contribution < -0.4 is 11.3 Å². The van der Waals surface area contributed by atoms with Crippen LogP contribution in [0.3, 0.4) is 0 Å². The van der Waals surface area contributed by atoms with Crippen molar-refractivity contribution in [3.05, 3.63) is 55.8 Å². The van der Waals surface area contributed by atoms with Crippen LogP contribution in [0.1, 0.15) is 36.0 Å². The monoisotopic (exact) mass is 399 g/mol. The molecular weight excluding hydrogens is 378 g/mol. The number of fused-ring (bicyclic) bond motifs is 2. The molecular formula is C20H21N3O4S. The summed E-state index contributed by atoms with van der Waals surface area (Å²) in [6.45, 7) is 1.25. The standard InChI is InChI=1S/C20H21N3O4S/c24-18-9-14(16-7-12-3-1-4-13(12)8-17(16)27-18)11-28-20-22-21-19(25)23(20)10-15-5-2-6-26-15/h7-9,15H,1-6,10-11H2,(H,21,25)/t15-/m1/s1. The normalized spacial score (nSPS) is 18.8. The Morgan fingerprint density at radius 2 is 2.04 bits per heavy atom. The molecule has 1 saturated heterocycles. The molecule has 1 aliphatic carbocycles. The Morgan fingerprint density at radius 3 is 2.86 bits per heavy atom. The Kier molecular flexibility index (Phi) is 4.60. The third-order valence-corrected chi connectivity index (χ3v) is 6.56. The summed E-state index contributed by atoms with van der Waals surface area (Å²) in [5.74, 6) is 0.538. The Hall–Kier alpha value is -2.32. The average molecular weight is 399 g/mol. The van der Waals surface area contributed by atoms with E-state index in [1.165, 1.54) is 22.9 Å². The van der Waals surface area contributed by atoms with E-state index in [1.807, 2.05) is 6.07 Å². The van der Waals surface area contributed by atoms with Gasteiger partial charge in [0.2, 0.25) is 0 Å². The molecule has 0 unspecified atom stereocenters. The maximum Gasteiger partial charge on any atom is 0.344 e. The molecule has 0 saturated carbocycles. The smallest absolute Gasteiger partial charge is 0.344 e. The van der Waals surface area contributed by atoms with Crippen molar-refractivity contribution in [2.24, 2.45) is 0 Å². The van der Waals surface area contributed by atoms with E-state index in [4.69, 9.17) is 9.15 Å². The molecule has 2 aliphatic rings. The first-order valence-electron chi connectivity index (χ1n) is 9.65. The number of nitrogens with one attached hydrogen (secondary N) is 1. The molecule has 1 fully saturated rings. The molecule has 0 bridgehead atoms. The fourth-order valence-electron chi connectivity index (χ4n) is 4.12. The number of aromatic nitrogens is 3. The van der Waals surface area contributed by atoms with E-state index < -0.39 is 0 Å². The second-order valence-electron chi connectivity index (χ2n) is 7.41. The van der Waals surface area contributed by atoms with Crippen molar-refractivity contribution in [1.82, 2.24) is 14.8 Å². The summed E-state index contributed by atoms with van der Waals surface area (Å²) in [6, 6.07) is 5.71. The van der Waals surface area contributed by atoms with E-state index in [9.17, 15) is 9.59 Å². The van der Waals surface area contributed by atoms with Crippen LogP contribution in [0.5, 0.6) is 0 Å². The van der Waals surface area contributed by atoms with Gasteiger partial charge in [-0.05, 0) is 60.9 Å². The van der Waals surface area contributed by atoms with Crippen LogP contribution in [-0.4, -0.2) is 27.5 Å². The van der Waals surface area contributed by atoms with Crippen LogP contribution in [0.4, 0.5) is 0 Å². The molecule has 0 spiro atoms. The van der Waals surface area contributed by atoms with Gasteiger partial charge in [0, 0.05) is 23.8 Å². The number of H-pyrrole nitrogens is 1. The topological polar surface area (TPSA) is 90.1 Å². The highest BCUT2D eigenvalue weighted by atomic mass is 32.2. The van der Waals surface area contributed by atoms with E-state index in [0.717, 1.165) is 49.7 Å². The Morgan fingerprint density at radius 1 is 1.18 bits per heavy atom. The first-order chi connectivity index (χ1) is 13.7. The molecule has 0 radical (unpaired) electrons. The van der Waals surface area contributed by atoms with Crippen molar-refractivity contribution in [2.75, 3.05) is 6.61 Å². The zero-order valence-electron chi connectivity index (χ0n) is 15.4. The number of hydrogen-bond acceptors (Lipinski definition) is 6. The fraction of sp³-hybridized carbons (Fsp3) is 0.450. The molecule has 1 aliphatic heterocycles. The van der Waals surface area contributed by atoms with Crippen molar-refractivity contribution in [3.63, 3.8) is 0 Å². The highest BCUT2D eigenvalue weighted by Crippen LogP contribution is 2.31. The van der Waals surface area contributed by atoms with Gasteiger partial charge in [-0.2, -0.15) is 0 Å². The molecule has 1 atom stereocenters. The van der Waals surface area contributed by atoms with Gasteiger partial charge < -0.3 is 9.15 Å². The lowest BCUT2D eigenvalue weighted by Gasteiger charge is -2.11. The Balaban J connectivity index is 1.44. The first-order valence-corrected chi connectivity index (χ1v) is 10.6. The van der Waals surface area contributed by atoms with Crippen molar-refractivity contribution in [3.8, 4) is 0 Å². The van der Waals surface area contributed by atoms with Crippen LogP contribution in [0.25, 0.3) is 11.0 Å². The van der Waals surface area contributed by atoms with E-state index >= 15 is 0 Å². The summed E-state index contributed by atoms with van der Waals surface area (Å²) in [7, 11) is 0. The second kappa shape index (κ2) is 7.25. The van der Waals surface area contributed by atoms with E-state index in [2.05, 4.69) is 16.3 Å². The molecule has 1 aromatic carbocycles. The number of hydrogen-bond donors (Lipinski definition) is 1. The summed E-state index contributed by atoms with van der Waals surface area (Å²) in [6.07, 6.45) is 5.28. The lowest BCUT2D eigenvalue weighted by molar-refractivity contribution is 0.0941.